The van der Waals surface area contributed by atoms with Crippen LogP contribution in [0.5, 0.6) is 0 Å². The number of aromatic nitrogens is 2. The average molecular weight is 354 g/mol. The molecule has 1 aromatic rings. The largest absolute Gasteiger partial charge is 0.356 e. The Kier molecular flexibility index (Phi) is 9.26. The molecule has 0 aliphatic rings. The lowest BCUT2D eigenvalue weighted by Gasteiger charge is -2.06. The summed E-state index contributed by atoms with van der Waals surface area (Å²) in [6.45, 7) is 3.17. The van der Waals surface area contributed by atoms with E-state index in [9.17, 15) is 13.2 Å². The van der Waals surface area contributed by atoms with E-state index in [2.05, 4.69) is 20.3 Å². The van der Waals surface area contributed by atoms with Gasteiger partial charge in [0.25, 0.3) is 10.0 Å². The first-order valence-corrected chi connectivity index (χ1v) is 8.26. The standard InChI is InChI=1S/C12H23N5O3S.ClH/c1-10-16-12(9-17(10)3)21(19,20)15-8-5-11(18)14-7-4-6-13-2;/h9,13,15H,4-8H2,1-3H3,(H,14,18);1H. The Morgan fingerprint density at radius 2 is 2.00 bits per heavy atom. The molecule has 0 aliphatic carbocycles. The van der Waals surface area contributed by atoms with Crippen LogP contribution in [-0.2, 0) is 21.9 Å². The van der Waals surface area contributed by atoms with Crippen molar-refractivity contribution in [1.29, 1.82) is 0 Å². The van der Waals surface area contributed by atoms with Crippen molar-refractivity contribution in [2.24, 2.45) is 7.05 Å². The summed E-state index contributed by atoms with van der Waals surface area (Å²) in [5, 5.41) is 5.67. The minimum absolute atomic E-state index is 0. The van der Waals surface area contributed by atoms with Crippen molar-refractivity contribution in [3.05, 3.63) is 12.0 Å². The Balaban J connectivity index is 0.00000441. The number of sulfonamides is 1. The van der Waals surface area contributed by atoms with E-state index in [0.29, 0.717) is 12.4 Å². The number of hydrogen-bond acceptors (Lipinski definition) is 5. The molecule has 128 valence electrons. The third kappa shape index (κ3) is 6.73. The van der Waals surface area contributed by atoms with Crippen molar-refractivity contribution in [3.63, 3.8) is 0 Å². The van der Waals surface area contributed by atoms with Crippen LogP contribution in [0.15, 0.2) is 11.2 Å². The van der Waals surface area contributed by atoms with Gasteiger partial charge in [0.2, 0.25) is 5.91 Å². The number of carbonyl (C=O) groups excluding carboxylic acids is 1. The molecular weight excluding hydrogens is 330 g/mol. The van der Waals surface area contributed by atoms with Gasteiger partial charge in [-0.1, -0.05) is 0 Å². The molecule has 0 aliphatic heterocycles. The molecule has 0 atom stereocenters. The van der Waals surface area contributed by atoms with Crippen molar-refractivity contribution in [2.75, 3.05) is 26.7 Å². The monoisotopic (exact) mass is 353 g/mol. The SMILES string of the molecule is CNCCCNC(=O)CCNS(=O)(=O)c1cn(C)c(C)n1.Cl. The summed E-state index contributed by atoms with van der Waals surface area (Å²) in [5.41, 5.74) is 0. The molecule has 3 N–H and O–H groups in total. The minimum atomic E-state index is -3.66. The Morgan fingerprint density at radius 3 is 2.55 bits per heavy atom. The van der Waals surface area contributed by atoms with Crippen LogP contribution in [-0.4, -0.2) is 50.6 Å². The van der Waals surface area contributed by atoms with E-state index in [1.807, 2.05) is 7.05 Å². The van der Waals surface area contributed by atoms with Crippen LogP contribution in [0.2, 0.25) is 0 Å². The zero-order valence-electron chi connectivity index (χ0n) is 13.0. The van der Waals surface area contributed by atoms with Gasteiger partial charge in [0.15, 0.2) is 5.03 Å². The van der Waals surface area contributed by atoms with Crippen LogP contribution < -0.4 is 15.4 Å². The molecule has 8 nitrogen and oxygen atoms in total. The van der Waals surface area contributed by atoms with E-state index < -0.39 is 10.0 Å². The van der Waals surface area contributed by atoms with E-state index in [4.69, 9.17) is 0 Å². The van der Waals surface area contributed by atoms with Gasteiger partial charge in [-0.3, -0.25) is 4.79 Å². The predicted octanol–water partition coefficient (Wildman–Crippen LogP) is -0.456. The molecule has 1 heterocycles. The first-order chi connectivity index (χ1) is 9.86. The summed E-state index contributed by atoms with van der Waals surface area (Å²) in [7, 11) is -0.0933. The fourth-order valence-electron chi connectivity index (χ4n) is 1.61. The summed E-state index contributed by atoms with van der Waals surface area (Å²) < 4.78 is 27.9. The maximum absolute atomic E-state index is 12.0. The Bertz CT molecular complexity index is 554. The number of aryl methyl sites for hydroxylation is 2. The van der Waals surface area contributed by atoms with Gasteiger partial charge in [-0.2, -0.15) is 0 Å². The first kappa shape index (κ1) is 20.8. The van der Waals surface area contributed by atoms with E-state index >= 15 is 0 Å². The average Bonchev–Trinajstić information content (AvgIpc) is 2.75. The molecule has 0 radical (unpaired) electrons. The number of amides is 1. The summed E-state index contributed by atoms with van der Waals surface area (Å²) in [6.07, 6.45) is 2.38. The summed E-state index contributed by atoms with van der Waals surface area (Å²) in [6, 6.07) is 0. The number of nitrogens with zero attached hydrogens (tertiary/aromatic N) is 2. The first-order valence-electron chi connectivity index (χ1n) is 6.77. The second-order valence-corrected chi connectivity index (χ2v) is 6.41. The van der Waals surface area contributed by atoms with Crippen LogP contribution in [0, 0.1) is 6.92 Å². The zero-order valence-corrected chi connectivity index (χ0v) is 14.7. The van der Waals surface area contributed by atoms with Crippen molar-refractivity contribution in [1.82, 2.24) is 24.9 Å². The topological polar surface area (TPSA) is 105 Å². The minimum Gasteiger partial charge on any atom is -0.356 e. The van der Waals surface area contributed by atoms with Crippen LogP contribution >= 0.6 is 12.4 Å². The molecule has 0 saturated carbocycles. The third-order valence-corrected chi connectivity index (χ3v) is 4.26. The normalized spacial score (nSPS) is 11.0. The molecule has 1 amide bonds. The smallest absolute Gasteiger partial charge is 0.259 e. The molecule has 0 unspecified atom stereocenters. The zero-order chi connectivity index (χ0) is 15.9. The quantitative estimate of drug-likeness (QED) is 0.521. The van der Waals surface area contributed by atoms with E-state index in [1.165, 1.54) is 6.20 Å². The van der Waals surface area contributed by atoms with Crippen LogP contribution in [0.4, 0.5) is 0 Å². The van der Waals surface area contributed by atoms with Gasteiger partial charge in [-0.25, -0.2) is 18.1 Å². The van der Waals surface area contributed by atoms with Crippen molar-refractivity contribution >= 4 is 28.3 Å². The highest BCUT2D eigenvalue weighted by Gasteiger charge is 2.18. The van der Waals surface area contributed by atoms with Gasteiger partial charge in [0.05, 0.1) is 0 Å². The van der Waals surface area contributed by atoms with Gasteiger partial charge in [-0.05, 0) is 26.9 Å². The van der Waals surface area contributed by atoms with Gasteiger partial charge < -0.3 is 15.2 Å². The molecule has 0 aromatic carbocycles. The maximum Gasteiger partial charge on any atom is 0.259 e. The van der Waals surface area contributed by atoms with Crippen LogP contribution in [0.25, 0.3) is 0 Å². The van der Waals surface area contributed by atoms with Crippen LogP contribution in [0.1, 0.15) is 18.7 Å². The number of nitrogens with one attached hydrogen (secondary N) is 3. The number of carbonyl (C=O) groups is 1. The Hall–Kier alpha value is -1.16. The van der Waals surface area contributed by atoms with Gasteiger partial charge in [0, 0.05) is 32.8 Å². The van der Waals surface area contributed by atoms with Crippen molar-refractivity contribution in [3.8, 4) is 0 Å². The maximum atomic E-state index is 12.0. The van der Waals surface area contributed by atoms with E-state index in [1.54, 1.807) is 18.5 Å². The molecule has 10 heteroatoms. The Morgan fingerprint density at radius 1 is 1.32 bits per heavy atom. The van der Waals surface area contributed by atoms with Gasteiger partial charge in [-0.15, -0.1) is 12.4 Å². The number of hydrogen-bond donors (Lipinski definition) is 3. The summed E-state index contributed by atoms with van der Waals surface area (Å²) >= 11 is 0. The lowest BCUT2D eigenvalue weighted by atomic mass is 10.3. The summed E-state index contributed by atoms with van der Waals surface area (Å²) in [4.78, 5) is 15.5. The van der Waals surface area contributed by atoms with Crippen molar-refractivity contribution < 1.29 is 13.2 Å². The number of imidazole rings is 1. The fourth-order valence-corrected chi connectivity index (χ4v) is 2.68. The Labute approximate surface area is 137 Å². The van der Waals surface area contributed by atoms with Crippen molar-refractivity contribution in [2.45, 2.75) is 24.8 Å². The highest BCUT2D eigenvalue weighted by Crippen LogP contribution is 2.07. The second-order valence-electron chi connectivity index (χ2n) is 4.69. The van der Waals surface area contributed by atoms with Gasteiger partial charge in [0.1, 0.15) is 5.82 Å². The predicted molar refractivity (Wildman–Crippen MR) is 86.6 cm³/mol. The fraction of sp³-hybridized carbons (Fsp3) is 0.667. The van der Waals surface area contributed by atoms with E-state index in [0.717, 1.165) is 13.0 Å². The lowest BCUT2D eigenvalue weighted by molar-refractivity contribution is -0.120. The molecule has 0 spiro atoms. The molecule has 22 heavy (non-hydrogen) atoms. The highest BCUT2D eigenvalue weighted by molar-refractivity contribution is 7.89. The summed E-state index contributed by atoms with van der Waals surface area (Å²) in [5.74, 6) is 0.434. The highest BCUT2D eigenvalue weighted by atomic mass is 35.5. The van der Waals surface area contributed by atoms with Crippen LogP contribution in [0.3, 0.4) is 0 Å². The molecule has 0 saturated heterocycles. The number of rotatable bonds is 9. The molecule has 1 rings (SSSR count). The van der Waals surface area contributed by atoms with E-state index in [-0.39, 0.29) is 36.3 Å². The molecule has 0 fully saturated rings. The molecular formula is C12H24ClN5O3S. The lowest BCUT2D eigenvalue weighted by Crippen LogP contribution is -2.32. The molecule has 0 bridgehead atoms. The second kappa shape index (κ2) is 9.78. The third-order valence-electron chi connectivity index (χ3n) is 2.93. The van der Waals surface area contributed by atoms with Gasteiger partial charge >= 0.3 is 0 Å². The molecule has 1 aromatic heterocycles. The number of halogens is 1.